The van der Waals surface area contributed by atoms with Crippen LogP contribution in [0.4, 0.5) is 0 Å². The number of aromatic nitrogens is 6. The Bertz CT molecular complexity index is 2850. The zero-order valence-electron chi connectivity index (χ0n) is 30.8. The van der Waals surface area contributed by atoms with Gasteiger partial charge in [0.05, 0.1) is 11.4 Å². The van der Waals surface area contributed by atoms with E-state index in [1.807, 2.05) is 162 Å². The van der Waals surface area contributed by atoms with E-state index >= 15 is 0 Å². The fourth-order valence-electron chi connectivity index (χ4n) is 6.75. The fourth-order valence-corrected chi connectivity index (χ4v) is 6.75. The molecule has 286 valence electrons. The van der Waals surface area contributed by atoms with E-state index in [1.165, 1.54) is 12.7 Å². The Labute approximate surface area is 367 Å². The van der Waals surface area contributed by atoms with E-state index in [0.29, 0.717) is 40.0 Å². The molecule has 0 amide bonds. The number of hydrogen-bond acceptors (Lipinski definition) is 7. The largest absolute Gasteiger partial charge is 2.00 e. The summed E-state index contributed by atoms with van der Waals surface area (Å²) in [6, 6.07) is 65.2. The van der Waals surface area contributed by atoms with Gasteiger partial charge < -0.3 is 14.0 Å². The quantitative estimate of drug-likeness (QED) is 0.105. The first-order chi connectivity index (χ1) is 28.2. The van der Waals surface area contributed by atoms with E-state index in [0.717, 1.165) is 55.8 Å². The number of benzene rings is 6. The first-order valence-corrected chi connectivity index (χ1v) is 18.2. The van der Waals surface area contributed by atoms with Crippen LogP contribution in [0.25, 0.3) is 72.8 Å². The molecule has 0 saturated heterocycles. The minimum atomic E-state index is 0. The van der Waals surface area contributed by atoms with Crippen molar-refractivity contribution in [2.24, 2.45) is 0 Å². The second-order valence-electron chi connectivity index (χ2n) is 13.1. The van der Waals surface area contributed by atoms with Crippen molar-refractivity contribution in [2.75, 3.05) is 0 Å². The summed E-state index contributed by atoms with van der Waals surface area (Å²) in [5.41, 5.74) is 8.48. The predicted octanol–water partition coefficient (Wildman–Crippen LogP) is 11.2. The summed E-state index contributed by atoms with van der Waals surface area (Å²) in [4.78, 5) is 22.8. The molecule has 10 aromatic rings. The third-order valence-electron chi connectivity index (χ3n) is 9.38. The minimum Gasteiger partial charge on any atom is -0.503 e. The van der Waals surface area contributed by atoms with Gasteiger partial charge >= 0.3 is 40.8 Å². The van der Waals surface area contributed by atoms with Crippen LogP contribution in [0.1, 0.15) is 0 Å². The van der Waals surface area contributed by atoms with Gasteiger partial charge in [0, 0.05) is 23.0 Å². The van der Waals surface area contributed by atoms with Crippen molar-refractivity contribution in [1.29, 1.82) is 0 Å². The van der Waals surface area contributed by atoms with Crippen molar-refractivity contribution >= 4 is 21.8 Å². The number of fused-ring (bicyclic) bond motifs is 3. The Morgan fingerprint density at radius 1 is 0.390 bits per heavy atom. The molecule has 0 aliphatic carbocycles. The molecule has 0 aliphatic rings. The number of hydrogen-bond donors (Lipinski definition) is 0. The molecule has 0 bridgehead atoms. The predicted molar refractivity (Wildman–Crippen MR) is 220 cm³/mol. The van der Waals surface area contributed by atoms with Crippen LogP contribution in [0.3, 0.4) is 0 Å². The van der Waals surface area contributed by atoms with Crippen molar-refractivity contribution in [3.63, 3.8) is 0 Å². The van der Waals surface area contributed by atoms with Crippen LogP contribution in [0.2, 0.25) is 0 Å². The normalized spacial score (nSPS) is 10.8. The third kappa shape index (κ3) is 8.22. The van der Waals surface area contributed by atoms with Crippen LogP contribution in [0, 0.1) is 24.3 Å². The van der Waals surface area contributed by atoms with Crippen molar-refractivity contribution in [2.45, 2.75) is 0 Å². The molecule has 4 aromatic heterocycles. The first-order valence-electron chi connectivity index (χ1n) is 18.2. The molecule has 59 heavy (non-hydrogen) atoms. The maximum Gasteiger partial charge on any atom is 2.00 e. The van der Waals surface area contributed by atoms with Gasteiger partial charge in [-0.15, -0.1) is 71.8 Å². The average Bonchev–Trinajstić information content (AvgIpc) is 3.60. The van der Waals surface area contributed by atoms with Gasteiger partial charge in [0.1, 0.15) is 12.7 Å². The average molecular weight is 946 g/mol. The molecule has 10 heteroatoms. The van der Waals surface area contributed by atoms with Gasteiger partial charge in [-0.25, -0.2) is 15.0 Å². The molecule has 6 aromatic carbocycles. The number of nitrogens with zero attached hydrogens (tertiary/aromatic N) is 6. The van der Waals surface area contributed by atoms with Gasteiger partial charge in [-0.2, -0.15) is 22.9 Å². The standard InChI is InChI=1S/C49H28N6O2.2Pd/c1-3-11-33(12-4-1)43-19-9-21-45(53-43)35-15-7-17-37(27-35)56-39-23-25-41-42-26-24-40(30-48(42)55(47(41)29-39)49-51-31-50-32-52-49)57-38-18-8-16-36(28-38)46-22-10-20-44(54-46)34-13-5-2-6-14-34;;/h1-26,31-32H;;/q-4;2*+2. The van der Waals surface area contributed by atoms with Crippen LogP contribution >= 0.6 is 0 Å². The van der Waals surface area contributed by atoms with Crippen LogP contribution < -0.4 is 9.47 Å². The molecule has 0 radical (unpaired) electrons. The SMILES string of the molecule is [Pd+2].[Pd+2].[c-]1c(Oc2[c-]c3c(cc2)c2ccc(Oc4[c-]c(-c5cccc(-c6ccccc6)n5)ccc4)[c-]c2n3-c2ncncn2)cccc1-c1cccc(-c2ccccc2)n1. The number of ether oxygens (including phenoxy) is 2. The summed E-state index contributed by atoms with van der Waals surface area (Å²) in [7, 11) is 0. The molecule has 0 fully saturated rings. The van der Waals surface area contributed by atoms with Gasteiger partial charge in [0.15, 0.2) is 0 Å². The second-order valence-corrected chi connectivity index (χ2v) is 13.1. The van der Waals surface area contributed by atoms with Crippen LogP contribution in [0.5, 0.6) is 23.0 Å². The Hall–Kier alpha value is -6.65. The van der Waals surface area contributed by atoms with Crippen molar-refractivity contribution < 1.29 is 50.3 Å². The van der Waals surface area contributed by atoms with Crippen molar-refractivity contribution in [3.8, 4) is 74.0 Å². The second kappa shape index (κ2) is 17.5. The Morgan fingerprint density at radius 2 is 0.814 bits per heavy atom. The van der Waals surface area contributed by atoms with Gasteiger partial charge in [-0.05, 0) is 34.6 Å². The molecular weight excluding hydrogens is 917 g/mol. The maximum atomic E-state index is 6.38. The zero-order chi connectivity index (χ0) is 38.0. The molecular formula is C49H28N6O2Pd2. The first kappa shape index (κ1) is 39.2. The Kier molecular flexibility index (Phi) is 11.6. The molecule has 0 unspecified atom stereocenters. The minimum absolute atomic E-state index is 0. The molecule has 0 saturated carbocycles. The molecule has 0 aliphatic heterocycles. The zero-order valence-corrected chi connectivity index (χ0v) is 33.9. The number of rotatable bonds is 9. The number of pyridine rings is 2. The van der Waals surface area contributed by atoms with Gasteiger partial charge in [0.25, 0.3) is 0 Å². The maximum absolute atomic E-state index is 6.38. The summed E-state index contributed by atoms with van der Waals surface area (Å²) in [6.07, 6.45) is 2.92. The van der Waals surface area contributed by atoms with Gasteiger partial charge in [-0.1, -0.05) is 108 Å². The van der Waals surface area contributed by atoms with Crippen LogP contribution in [0.15, 0.2) is 170 Å². The Morgan fingerprint density at radius 3 is 1.29 bits per heavy atom. The summed E-state index contributed by atoms with van der Waals surface area (Å²) in [6.45, 7) is 0. The van der Waals surface area contributed by atoms with E-state index < -0.39 is 0 Å². The van der Waals surface area contributed by atoms with Crippen LogP contribution in [-0.2, 0) is 40.8 Å². The van der Waals surface area contributed by atoms with E-state index in [1.54, 1.807) is 0 Å². The van der Waals surface area contributed by atoms with Gasteiger partial charge in [-0.3, -0.25) is 9.97 Å². The van der Waals surface area contributed by atoms with E-state index in [2.05, 4.69) is 39.2 Å². The fraction of sp³-hybridized carbons (Fsp3) is 0. The smallest absolute Gasteiger partial charge is 0.503 e. The third-order valence-corrected chi connectivity index (χ3v) is 9.38. The molecule has 10 rings (SSSR count). The van der Waals surface area contributed by atoms with E-state index in [-0.39, 0.29) is 40.8 Å². The van der Waals surface area contributed by atoms with Crippen molar-refractivity contribution in [1.82, 2.24) is 29.5 Å². The monoisotopic (exact) mass is 944 g/mol. The van der Waals surface area contributed by atoms with Crippen LogP contribution in [-0.4, -0.2) is 29.5 Å². The summed E-state index contributed by atoms with van der Waals surface area (Å²) < 4.78 is 14.6. The molecule has 8 nitrogen and oxygen atoms in total. The molecule has 0 atom stereocenters. The summed E-state index contributed by atoms with van der Waals surface area (Å²) in [5, 5.41) is 1.83. The topological polar surface area (TPSA) is 87.8 Å². The van der Waals surface area contributed by atoms with E-state index in [4.69, 9.17) is 19.4 Å². The Balaban J connectivity index is 0.00000242. The molecule has 0 spiro atoms. The molecule has 0 N–H and O–H groups in total. The summed E-state index contributed by atoms with van der Waals surface area (Å²) >= 11 is 0. The van der Waals surface area contributed by atoms with Crippen molar-refractivity contribution in [3.05, 3.63) is 195 Å². The van der Waals surface area contributed by atoms with Gasteiger partial charge in [0.2, 0.25) is 5.95 Å². The van der Waals surface area contributed by atoms with E-state index in [9.17, 15) is 0 Å². The molecule has 4 heterocycles. The summed E-state index contributed by atoms with van der Waals surface area (Å²) in [5.74, 6) is 2.45.